The molecule has 1 saturated heterocycles. The van der Waals surface area contributed by atoms with E-state index < -0.39 is 24.1 Å². The van der Waals surface area contributed by atoms with Gasteiger partial charge in [0.25, 0.3) is 0 Å². The lowest BCUT2D eigenvalue weighted by atomic mass is 10.3. The van der Waals surface area contributed by atoms with E-state index in [1.807, 2.05) is 6.92 Å². The number of carboxylic acids is 1. The zero-order valence-corrected chi connectivity index (χ0v) is 7.52. The molecule has 0 amide bonds. The Kier molecular flexibility index (Phi) is 2.87. The van der Waals surface area contributed by atoms with Crippen molar-refractivity contribution in [1.29, 1.82) is 0 Å². The molecule has 1 aliphatic heterocycles. The molecule has 74 valence electrons. The van der Waals surface area contributed by atoms with E-state index >= 15 is 0 Å². The molecule has 13 heavy (non-hydrogen) atoms. The molecule has 1 heterocycles. The molecule has 1 fully saturated rings. The average molecular weight is 188 g/mol. The number of hydrogen-bond acceptors (Lipinski definition) is 4. The highest BCUT2D eigenvalue weighted by atomic mass is 16.7. The van der Waals surface area contributed by atoms with E-state index in [2.05, 4.69) is 4.74 Å². The normalized spacial score (nSPS) is 27.8. The third kappa shape index (κ3) is 2.42. The number of carbonyl (C=O) groups excluding carboxylic acids is 1. The summed E-state index contributed by atoms with van der Waals surface area (Å²) in [6.07, 6.45) is -1.38. The van der Waals surface area contributed by atoms with Gasteiger partial charge in [-0.25, -0.2) is 9.59 Å². The van der Waals surface area contributed by atoms with Gasteiger partial charge in [0.05, 0.1) is 6.10 Å². The van der Waals surface area contributed by atoms with Gasteiger partial charge >= 0.3 is 11.9 Å². The van der Waals surface area contributed by atoms with Crippen LogP contribution in [0.3, 0.4) is 0 Å². The Morgan fingerprint density at radius 1 is 1.54 bits per heavy atom. The van der Waals surface area contributed by atoms with Gasteiger partial charge in [-0.2, -0.15) is 0 Å². The van der Waals surface area contributed by atoms with Gasteiger partial charge in [-0.1, -0.05) is 6.92 Å². The van der Waals surface area contributed by atoms with Crippen LogP contribution in [0.4, 0.5) is 0 Å². The van der Waals surface area contributed by atoms with Crippen LogP contribution in [0, 0.1) is 0 Å². The molecule has 1 rings (SSSR count). The van der Waals surface area contributed by atoms with E-state index in [1.54, 1.807) is 6.92 Å². The van der Waals surface area contributed by atoms with Crippen LogP contribution in [0.15, 0.2) is 0 Å². The molecule has 1 N–H and O–H groups in total. The Morgan fingerprint density at radius 2 is 2.15 bits per heavy atom. The maximum Gasteiger partial charge on any atom is 0.338 e. The molecule has 0 aromatic carbocycles. The van der Waals surface area contributed by atoms with Crippen LogP contribution in [0.25, 0.3) is 0 Å². The monoisotopic (exact) mass is 188 g/mol. The van der Waals surface area contributed by atoms with E-state index in [4.69, 9.17) is 9.84 Å². The molecular weight excluding hydrogens is 176 g/mol. The molecule has 0 radical (unpaired) electrons. The molecule has 3 atom stereocenters. The fraction of sp³-hybridized carbons (Fsp3) is 0.750. The summed E-state index contributed by atoms with van der Waals surface area (Å²) < 4.78 is 9.49. The average Bonchev–Trinajstić information content (AvgIpc) is 2.82. The van der Waals surface area contributed by atoms with Gasteiger partial charge in [0.1, 0.15) is 0 Å². The highest BCUT2D eigenvalue weighted by molar-refractivity contribution is 5.89. The van der Waals surface area contributed by atoms with Crippen LogP contribution in [0.2, 0.25) is 0 Å². The molecular formula is C8H12O5. The molecule has 5 heteroatoms. The fourth-order valence-corrected chi connectivity index (χ4v) is 0.828. The third-order valence-electron chi connectivity index (χ3n) is 1.86. The molecule has 0 bridgehead atoms. The standard InChI is InChI=1S/C8H12O5/c1-3-4(2)12-8(11)6-5(13-6)7(9)10/h4-6H,3H2,1-2H3,(H,9,10)/t4?,5-,6-/m0/s1. The van der Waals surface area contributed by atoms with E-state index in [1.165, 1.54) is 0 Å². The molecule has 1 unspecified atom stereocenters. The third-order valence-corrected chi connectivity index (χ3v) is 1.86. The first-order valence-electron chi connectivity index (χ1n) is 4.15. The first kappa shape index (κ1) is 9.98. The Labute approximate surface area is 75.6 Å². The molecule has 0 saturated carbocycles. The van der Waals surface area contributed by atoms with Crippen molar-refractivity contribution in [3.8, 4) is 0 Å². The van der Waals surface area contributed by atoms with E-state index in [0.29, 0.717) is 6.42 Å². The fourth-order valence-electron chi connectivity index (χ4n) is 0.828. The maximum absolute atomic E-state index is 11.1. The van der Waals surface area contributed by atoms with Crippen molar-refractivity contribution >= 4 is 11.9 Å². The number of carbonyl (C=O) groups is 2. The highest BCUT2D eigenvalue weighted by Gasteiger charge is 2.52. The highest BCUT2D eigenvalue weighted by Crippen LogP contribution is 2.24. The second-order valence-electron chi connectivity index (χ2n) is 2.97. The quantitative estimate of drug-likeness (QED) is 0.503. The van der Waals surface area contributed by atoms with Gasteiger partial charge in [-0.05, 0) is 13.3 Å². The van der Waals surface area contributed by atoms with Gasteiger partial charge in [-0.3, -0.25) is 0 Å². The summed E-state index contributed by atoms with van der Waals surface area (Å²) in [4.78, 5) is 21.4. The number of hydrogen-bond donors (Lipinski definition) is 1. The largest absolute Gasteiger partial charge is 0.479 e. The summed E-state index contributed by atoms with van der Waals surface area (Å²) in [6.45, 7) is 3.62. The first-order chi connectivity index (χ1) is 6.06. The summed E-state index contributed by atoms with van der Waals surface area (Å²) in [5.74, 6) is -1.70. The Hall–Kier alpha value is -1.10. The van der Waals surface area contributed by atoms with Gasteiger partial charge in [0, 0.05) is 0 Å². The number of aliphatic carboxylic acids is 1. The van der Waals surface area contributed by atoms with Gasteiger partial charge in [0.15, 0.2) is 12.2 Å². The van der Waals surface area contributed by atoms with Crippen molar-refractivity contribution in [3.63, 3.8) is 0 Å². The number of carboxylic acid groups (broad SMARTS) is 1. The Bertz CT molecular complexity index is 225. The van der Waals surface area contributed by atoms with E-state index in [0.717, 1.165) is 0 Å². The zero-order valence-electron chi connectivity index (χ0n) is 7.52. The summed E-state index contributed by atoms with van der Waals surface area (Å²) >= 11 is 0. The zero-order chi connectivity index (χ0) is 10.0. The number of esters is 1. The van der Waals surface area contributed by atoms with Crippen LogP contribution in [-0.4, -0.2) is 35.4 Å². The predicted molar refractivity (Wildman–Crippen MR) is 42.1 cm³/mol. The van der Waals surface area contributed by atoms with Gasteiger partial charge < -0.3 is 14.6 Å². The summed E-state index contributed by atoms with van der Waals surface area (Å²) in [5, 5.41) is 8.43. The minimum absolute atomic E-state index is 0.189. The molecule has 0 spiro atoms. The first-order valence-corrected chi connectivity index (χ1v) is 4.15. The molecule has 0 aromatic heterocycles. The lowest BCUT2D eigenvalue weighted by Crippen LogP contribution is -2.22. The molecule has 5 nitrogen and oxygen atoms in total. The SMILES string of the molecule is CCC(C)OC(=O)[C@H]1O[C@@H]1C(=O)O. The topological polar surface area (TPSA) is 76.1 Å². The van der Waals surface area contributed by atoms with Gasteiger partial charge in [0.2, 0.25) is 0 Å². The van der Waals surface area contributed by atoms with Crippen molar-refractivity contribution in [2.24, 2.45) is 0 Å². The maximum atomic E-state index is 11.1. The summed E-state index contributed by atoms with van der Waals surface area (Å²) in [7, 11) is 0. The van der Waals surface area contributed by atoms with Gasteiger partial charge in [-0.15, -0.1) is 0 Å². The Balaban J connectivity index is 2.31. The van der Waals surface area contributed by atoms with Crippen molar-refractivity contribution in [2.75, 3.05) is 0 Å². The minimum atomic E-state index is -1.12. The van der Waals surface area contributed by atoms with Crippen molar-refractivity contribution in [2.45, 2.75) is 38.6 Å². The Morgan fingerprint density at radius 3 is 2.54 bits per heavy atom. The smallest absolute Gasteiger partial charge is 0.338 e. The second kappa shape index (κ2) is 3.74. The molecule has 0 aromatic rings. The summed E-state index contributed by atoms with van der Waals surface area (Å²) in [6, 6.07) is 0. The van der Waals surface area contributed by atoms with E-state index in [9.17, 15) is 9.59 Å². The van der Waals surface area contributed by atoms with Crippen LogP contribution in [0.5, 0.6) is 0 Å². The van der Waals surface area contributed by atoms with Crippen molar-refractivity contribution < 1.29 is 24.2 Å². The molecule has 0 aliphatic carbocycles. The van der Waals surface area contributed by atoms with Crippen molar-refractivity contribution in [3.05, 3.63) is 0 Å². The number of ether oxygens (including phenoxy) is 2. The summed E-state index contributed by atoms with van der Waals surface area (Å²) in [5.41, 5.74) is 0. The minimum Gasteiger partial charge on any atom is -0.479 e. The number of epoxide rings is 1. The van der Waals surface area contributed by atoms with Crippen LogP contribution < -0.4 is 0 Å². The van der Waals surface area contributed by atoms with Crippen LogP contribution >= 0.6 is 0 Å². The molecule has 1 aliphatic rings. The lowest BCUT2D eigenvalue weighted by molar-refractivity contribution is -0.150. The van der Waals surface area contributed by atoms with Crippen molar-refractivity contribution in [1.82, 2.24) is 0 Å². The van der Waals surface area contributed by atoms with Crippen LogP contribution in [0.1, 0.15) is 20.3 Å². The second-order valence-corrected chi connectivity index (χ2v) is 2.97. The predicted octanol–water partition coefficient (Wildman–Crippen LogP) is 0.180. The number of rotatable bonds is 4. The van der Waals surface area contributed by atoms with E-state index in [-0.39, 0.29) is 6.10 Å². The lowest BCUT2D eigenvalue weighted by Gasteiger charge is -2.08. The van der Waals surface area contributed by atoms with Crippen LogP contribution in [-0.2, 0) is 19.1 Å².